The van der Waals surface area contributed by atoms with Crippen LogP contribution in [0.25, 0.3) is 10.8 Å². The zero-order valence-corrected chi connectivity index (χ0v) is 16.4. The van der Waals surface area contributed by atoms with Crippen molar-refractivity contribution in [1.29, 1.82) is 0 Å². The Hall–Kier alpha value is -3.87. The molecule has 0 saturated carbocycles. The quantitative estimate of drug-likeness (QED) is 0.397. The van der Waals surface area contributed by atoms with E-state index in [4.69, 9.17) is 9.47 Å². The maximum Gasteiger partial charge on any atom is 0.329 e. The van der Waals surface area contributed by atoms with E-state index in [1.807, 2.05) is 36.4 Å². The number of hydrogen-bond donors (Lipinski definition) is 2. The van der Waals surface area contributed by atoms with E-state index in [0.717, 1.165) is 10.8 Å². The maximum atomic E-state index is 12.3. The Bertz CT molecular complexity index is 1090. The molecule has 0 saturated heterocycles. The van der Waals surface area contributed by atoms with Gasteiger partial charge in [-0.3, -0.25) is 9.59 Å². The van der Waals surface area contributed by atoms with Crippen LogP contribution in [0.1, 0.15) is 12.5 Å². The number of rotatable bonds is 5. The molecule has 0 fully saturated rings. The number of anilines is 1. The van der Waals surface area contributed by atoms with Crippen LogP contribution in [-0.2, 0) is 9.59 Å². The summed E-state index contributed by atoms with van der Waals surface area (Å²) in [5.74, 6) is -0.499. The Labute approximate surface area is 168 Å². The Balaban J connectivity index is 1.72. The van der Waals surface area contributed by atoms with E-state index in [9.17, 15) is 9.59 Å². The zero-order valence-electron chi connectivity index (χ0n) is 16.4. The van der Waals surface area contributed by atoms with Crippen molar-refractivity contribution in [1.82, 2.24) is 5.43 Å². The normalized spacial score (nSPS) is 11.1. The number of carbonyl (C=O) groups excluding carboxylic acids is 2. The molecule has 0 spiro atoms. The first-order valence-electron chi connectivity index (χ1n) is 8.89. The van der Waals surface area contributed by atoms with Crippen molar-refractivity contribution in [3.05, 3.63) is 66.2 Å². The van der Waals surface area contributed by atoms with E-state index in [2.05, 4.69) is 15.8 Å². The summed E-state index contributed by atoms with van der Waals surface area (Å²) < 4.78 is 10.5. The van der Waals surface area contributed by atoms with Crippen LogP contribution in [0, 0.1) is 0 Å². The molecule has 3 aromatic rings. The number of benzene rings is 3. The van der Waals surface area contributed by atoms with Gasteiger partial charge < -0.3 is 14.8 Å². The van der Waals surface area contributed by atoms with E-state index < -0.39 is 11.8 Å². The fourth-order valence-corrected chi connectivity index (χ4v) is 2.86. The van der Waals surface area contributed by atoms with E-state index in [0.29, 0.717) is 28.5 Å². The predicted molar refractivity (Wildman–Crippen MR) is 112 cm³/mol. The molecule has 7 nitrogen and oxygen atoms in total. The minimum atomic E-state index is -0.871. The second-order valence-corrected chi connectivity index (χ2v) is 6.19. The van der Waals surface area contributed by atoms with Crippen LogP contribution in [-0.4, -0.2) is 31.7 Å². The van der Waals surface area contributed by atoms with Gasteiger partial charge in [-0.15, -0.1) is 0 Å². The molecular weight excluding hydrogens is 370 g/mol. The van der Waals surface area contributed by atoms with Crippen molar-refractivity contribution in [3.8, 4) is 11.5 Å². The van der Waals surface area contributed by atoms with Gasteiger partial charge in [0, 0.05) is 22.7 Å². The van der Waals surface area contributed by atoms with Crippen molar-refractivity contribution in [3.63, 3.8) is 0 Å². The average molecular weight is 391 g/mol. The van der Waals surface area contributed by atoms with Crippen molar-refractivity contribution < 1.29 is 19.1 Å². The smallest absolute Gasteiger partial charge is 0.329 e. The van der Waals surface area contributed by atoms with Crippen molar-refractivity contribution in [2.75, 3.05) is 19.5 Å². The fraction of sp³-hybridized carbons (Fsp3) is 0.136. The SMILES string of the molecule is COc1ccc(C(C)=NNC(=O)C(=O)Nc2cccc3ccccc23)c(OC)c1. The lowest BCUT2D eigenvalue weighted by atomic mass is 10.1. The first-order chi connectivity index (χ1) is 14.0. The molecule has 0 aliphatic carbocycles. The number of nitrogens with one attached hydrogen (secondary N) is 2. The lowest BCUT2D eigenvalue weighted by Gasteiger charge is -2.10. The lowest BCUT2D eigenvalue weighted by Crippen LogP contribution is -2.33. The van der Waals surface area contributed by atoms with Crippen LogP contribution in [0.3, 0.4) is 0 Å². The van der Waals surface area contributed by atoms with Crippen molar-refractivity contribution in [2.24, 2.45) is 5.10 Å². The van der Waals surface area contributed by atoms with E-state index in [1.54, 1.807) is 38.3 Å². The third-order valence-corrected chi connectivity index (χ3v) is 4.37. The molecule has 0 radical (unpaired) electrons. The molecule has 0 aliphatic rings. The highest BCUT2D eigenvalue weighted by molar-refractivity contribution is 6.40. The summed E-state index contributed by atoms with van der Waals surface area (Å²) in [6.07, 6.45) is 0. The highest BCUT2D eigenvalue weighted by Crippen LogP contribution is 2.25. The van der Waals surface area contributed by atoms with E-state index >= 15 is 0 Å². The summed E-state index contributed by atoms with van der Waals surface area (Å²) in [5, 5.41) is 8.45. The molecule has 148 valence electrons. The number of hydrazone groups is 1. The molecule has 0 bridgehead atoms. The Morgan fingerprint density at radius 3 is 2.41 bits per heavy atom. The Kier molecular flexibility index (Phi) is 6.09. The number of methoxy groups -OCH3 is 2. The van der Waals surface area contributed by atoms with Crippen LogP contribution in [0.15, 0.2) is 65.8 Å². The molecular formula is C22H21N3O4. The Morgan fingerprint density at radius 1 is 0.897 bits per heavy atom. The van der Waals surface area contributed by atoms with Crippen LogP contribution < -0.4 is 20.2 Å². The van der Waals surface area contributed by atoms with Gasteiger partial charge in [0.2, 0.25) is 0 Å². The summed E-state index contributed by atoms with van der Waals surface area (Å²) in [7, 11) is 3.09. The standard InChI is InChI=1S/C22H21N3O4/c1-14(17-12-11-16(28-2)13-20(17)29-3)24-25-22(27)21(26)23-19-10-6-8-15-7-4-5-9-18(15)19/h4-13H,1-3H3,(H,23,26)(H,25,27). The summed E-state index contributed by atoms with van der Waals surface area (Å²) in [6.45, 7) is 1.70. The number of hydrogen-bond acceptors (Lipinski definition) is 5. The number of carbonyl (C=O) groups is 2. The summed E-state index contributed by atoms with van der Waals surface area (Å²) in [4.78, 5) is 24.5. The molecule has 0 unspecified atom stereocenters. The van der Waals surface area contributed by atoms with Crippen LogP contribution in [0.4, 0.5) is 5.69 Å². The first kappa shape index (κ1) is 19.9. The van der Waals surface area contributed by atoms with Gasteiger partial charge in [0.15, 0.2) is 0 Å². The van der Waals surface area contributed by atoms with Crippen LogP contribution in [0.5, 0.6) is 11.5 Å². The topological polar surface area (TPSA) is 89.0 Å². The van der Waals surface area contributed by atoms with Gasteiger partial charge in [-0.25, -0.2) is 5.43 Å². The molecule has 0 aliphatic heterocycles. The van der Waals surface area contributed by atoms with Gasteiger partial charge in [-0.2, -0.15) is 5.10 Å². The molecule has 3 rings (SSSR count). The van der Waals surface area contributed by atoms with Gasteiger partial charge in [0.1, 0.15) is 11.5 Å². The predicted octanol–water partition coefficient (Wildman–Crippen LogP) is 3.34. The second kappa shape index (κ2) is 8.88. The first-order valence-corrected chi connectivity index (χ1v) is 8.89. The molecule has 0 heterocycles. The van der Waals surface area contributed by atoms with E-state index in [1.165, 1.54) is 7.11 Å². The van der Waals surface area contributed by atoms with Crippen LogP contribution >= 0.6 is 0 Å². The lowest BCUT2D eigenvalue weighted by molar-refractivity contribution is -0.136. The third kappa shape index (κ3) is 4.52. The van der Waals surface area contributed by atoms with E-state index in [-0.39, 0.29) is 0 Å². The largest absolute Gasteiger partial charge is 0.497 e. The molecule has 0 atom stereocenters. The molecule has 2 N–H and O–H groups in total. The summed E-state index contributed by atoms with van der Waals surface area (Å²) in [5.41, 5.74) is 3.99. The van der Waals surface area contributed by atoms with Crippen LogP contribution in [0.2, 0.25) is 0 Å². The van der Waals surface area contributed by atoms with Gasteiger partial charge in [0.05, 0.1) is 19.9 Å². The van der Waals surface area contributed by atoms with Crippen molar-refractivity contribution >= 4 is 34.0 Å². The average Bonchev–Trinajstić information content (AvgIpc) is 2.76. The zero-order chi connectivity index (χ0) is 20.8. The maximum absolute atomic E-state index is 12.3. The van der Waals surface area contributed by atoms with Gasteiger partial charge in [-0.1, -0.05) is 36.4 Å². The van der Waals surface area contributed by atoms with Crippen molar-refractivity contribution in [2.45, 2.75) is 6.92 Å². The number of amides is 2. The number of fused-ring (bicyclic) bond motifs is 1. The molecule has 2 amide bonds. The monoisotopic (exact) mass is 391 g/mol. The molecule has 29 heavy (non-hydrogen) atoms. The molecule has 3 aromatic carbocycles. The number of nitrogens with zero attached hydrogens (tertiary/aromatic N) is 1. The highest BCUT2D eigenvalue weighted by Gasteiger charge is 2.15. The number of ether oxygens (including phenoxy) is 2. The fourth-order valence-electron chi connectivity index (χ4n) is 2.86. The highest BCUT2D eigenvalue weighted by atomic mass is 16.5. The minimum Gasteiger partial charge on any atom is -0.497 e. The van der Waals surface area contributed by atoms with Gasteiger partial charge >= 0.3 is 11.8 Å². The van der Waals surface area contributed by atoms with Gasteiger partial charge in [-0.05, 0) is 30.5 Å². The second-order valence-electron chi connectivity index (χ2n) is 6.19. The summed E-state index contributed by atoms with van der Waals surface area (Å²) in [6, 6.07) is 18.3. The molecule has 7 heteroatoms. The minimum absolute atomic E-state index is 0.482. The Morgan fingerprint density at radius 2 is 1.66 bits per heavy atom. The summed E-state index contributed by atoms with van der Waals surface area (Å²) >= 11 is 0. The third-order valence-electron chi connectivity index (χ3n) is 4.37. The molecule has 0 aromatic heterocycles. The van der Waals surface area contributed by atoms with Gasteiger partial charge in [0.25, 0.3) is 0 Å².